The van der Waals surface area contributed by atoms with Crippen molar-refractivity contribution in [2.24, 2.45) is 0 Å². The zero-order valence-electron chi connectivity index (χ0n) is 12.4. The number of aryl methyl sites for hydroxylation is 3. The van der Waals surface area contributed by atoms with Gasteiger partial charge in [-0.05, 0) is 61.7 Å². The van der Waals surface area contributed by atoms with Gasteiger partial charge in [0, 0.05) is 28.5 Å². The molecule has 0 aliphatic heterocycles. The number of benzene rings is 2. The van der Waals surface area contributed by atoms with Crippen LogP contribution in [0.3, 0.4) is 0 Å². The minimum absolute atomic E-state index is 0.0173. The van der Waals surface area contributed by atoms with Crippen LogP contribution in [0.25, 0.3) is 0 Å². The van der Waals surface area contributed by atoms with Gasteiger partial charge in [-0.25, -0.2) is 0 Å². The van der Waals surface area contributed by atoms with E-state index in [2.05, 4.69) is 5.32 Å². The third-order valence-electron chi connectivity index (χ3n) is 3.43. The maximum Gasteiger partial charge on any atom is 0.187 e. The van der Waals surface area contributed by atoms with E-state index in [0.717, 1.165) is 21.8 Å². The van der Waals surface area contributed by atoms with Gasteiger partial charge in [0.2, 0.25) is 0 Å². The lowest BCUT2D eigenvalue weighted by Crippen LogP contribution is -1.97. The standard InChI is InChI=1S/C18H18ClNO/c1-12-4-5-15(10-13(12)2)18(21)8-9-20-16-6-7-17(19)14(3)11-16/h4-11,20H,1-3H3. The van der Waals surface area contributed by atoms with Crippen LogP contribution in [0, 0.1) is 20.8 Å². The Morgan fingerprint density at radius 1 is 1.00 bits per heavy atom. The van der Waals surface area contributed by atoms with Gasteiger partial charge >= 0.3 is 0 Å². The summed E-state index contributed by atoms with van der Waals surface area (Å²) in [6, 6.07) is 11.4. The molecule has 2 rings (SSSR count). The normalized spacial score (nSPS) is 10.9. The van der Waals surface area contributed by atoms with Crippen LogP contribution in [-0.2, 0) is 0 Å². The average molecular weight is 300 g/mol. The van der Waals surface area contributed by atoms with Gasteiger partial charge in [-0.1, -0.05) is 23.7 Å². The molecule has 0 saturated carbocycles. The van der Waals surface area contributed by atoms with Crippen molar-refractivity contribution >= 4 is 23.1 Å². The lowest BCUT2D eigenvalue weighted by atomic mass is 10.0. The first-order chi connectivity index (χ1) is 9.97. The van der Waals surface area contributed by atoms with Gasteiger partial charge in [0.15, 0.2) is 5.78 Å². The van der Waals surface area contributed by atoms with E-state index in [1.54, 1.807) is 6.20 Å². The van der Waals surface area contributed by atoms with Crippen LogP contribution in [0.2, 0.25) is 5.02 Å². The minimum Gasteiger partial charge on any atom is -0.362 e. The molecule has 0 aliphatic carbocycles. The maximum atomic E-state index is 12.1. The molecule has 0 heterocycles. The highest BCUT2D eigenvalue weighted by Gasteiger charge is 2.03. The van der Waals surface area contributed by atoms with Gasteiger partial charge in [-0.15, -0.1) is 0 Å². The third kappa shape index (κ3) is 3.96. The second kappa shape index (κ2) is 6.59. The molecule has 0 radical (unpaired) electrons. The van der Waals surface area contributed by atoms with Crippen molar-refractivity contribution in [1.82, 2.24) is 0 Å². The third-order valence-corrected chi connectivity index (χ3v) is 3.86. The zero-order chi connectivity index (χ0) is 15.4. The molecule has 2 aromatic carbocycles. The van der Waals surface area contributed by atoms with E-state index < -0.39 is 0 Å². The smallest absolute Gasteiger partial charge is 0.187 e. The van der Waals surface area contributed by atoms with Crippen molar-refractivity contribution < 1.29 is 4.79 Å². The Balaban J connectivity index is 2.04. The van der Waals surface area contributed by atoms with E-state index in [4.69, 9.17) is 11.6 Å². The molecule has 0 atom stereocenters. The summed E-state index contributed by atoms with van der Waals surface area (Å²) in [5.41, 5.74) is 4.90. The molecule has 0 aliphatic rings. The molecule has 0 fully saturated rings. The Bertz CT molecular complexity index is 704. The molecule has 1 N–H and O–H groups in total. The number of ketones is 1. The fourth-order valence-electron chi connectivity index (χ4n) is 1.94. The predicted molar refractivity (Wildman–Crippen MR) is 89.2 cm³/mol. The molecule has 0 bridgehead atoms. The Morgan fingerprint density at radius 3 is 2.43 bits per heavy atom. The van der Waals surface area contributed by atoms with E-state index in [1.807, 2.05) is 57.2 Å². The van der Waals surface area contributed by atoms with Gasteiger partial charge < -0.3 is 5.32 Å². The predicted octanol–water partition coefficient (Wildman–Crippen LogP) is 5.07. The van der Waals surface area contributed by atoms with Crippen molar-refractivity contribution in [3.8, 4) is 0 Å². The summed E-state index contributed by atoms with van der Waals surface area (Å²) in [7, 11) is 0. The van der Waals surface area contributed by atoms with Crippen LogP contribution in [0.4, 0.5) is 5.69 Å². The van der Waals surface area contributed by atoms with E-state index in [1.165, 1.54) is 11.6 Å². The topological polar surface area (TPSA) is 29.1 Å². The highest BCUT2D eigenvalue weighted by atomic mass is 35.5. The summed E-state index contributed by atoms with van der Waals surface area (Å²) >= 11 is 5.97. The molecule has 108 valence electrons. The van der Waals surface area contributed by atoms with E-state index in [9.17, 15) is 4.79 Å². The Hall–Kier alpha value is -2.06. The maximum absolute atomic E-state index is 12.1. The molecule has 21 heavy (non-hydrogen) atoms. The molecule has 0 saturated heterocycles. The lowest BCUT2D eigenvalue weighted by molar-refractivity contribution is 0.104. The van der Waals surface area contributed by atoms with E-state index in [-0.39, 0.29) is 5.78 Å². The van der Waals surface area contributed by atoms with Crippen molar-refractivity contribution in [3.63, 3.8) is 0 Å². The number of allylic oxidation sites excluding steroid dienone is 1. The lowest BCUT2D eigenvalue weighted by Gasteiger charge is -2.04. The summed E-state index contributed by atoms with van der Waals surface area (Å²) < 4.78 is 0. The van der Waals surface area contributed by atoms with Gasteiger partial charge in [0.25, 0.3) is 0 Å². The average Bonchev–Trinajstić information content (AvgIpc) is 2.45. The van der Waals surface area contributed by atoms with Crippen LogP contribution in [-0.4, -0.2) is 5.78 Å². The van der Waals surface area contributed by atoms with Gasteiger partial charge in [-0.3, -0.25) is 4.79 Å². The quantitative estimate of drug-likeness (QED) is 0.630. The summed E-state index contributed by atoms with van der Waals surface area (Å²) in [6.45, 7) is 5.98. The number of hydrogen-bond acceptors (Lipinski definition) is 2. The fraction of sp³-hybridized carbons (Fsp3) is 0.167. The Morgan fingerprint density at radius 2 is 1.76 bits per heavy atom. The van der Waals surface area contributed by atoms with Gasteiger partial charge in [0.05, 0.1) is 0 Å². The summed E-state index contributed by atoms with van der Waals surface area (Å²) in [4.78, 5) is 12.1. The van der Waals surface area contributed by atoms with Gasteiger partial charge in [0.1, 0.15) is 0 Å². The van der Waals surface area contributed by atoms with Crippen LogP contribution in [0.5, 0.6) is 0 Å². The first kappa shape index (κ1) is 15.3. The molecule has 0 unspecified atom stereocenters. The number of rotatable bonds is 4. The number of anilines is 1. The van der Waals surface area contributed by atoms with Crippen LogP contribution >= 0.6 is 11.6 Å². The number of carbonyl (C=O) groups is 1. The molecular weight excluding hydrogens is 282 g/mol. The number of carbonyl (C=O) groups excluding carboxylic acids is 1. The molecule has 3 heteroatoms. The highest BCUT2D eigenvalue weighted by molar-refractivity contribution is 6.31. The van der Waals surface area contributed by atoms with Crippen LogP contribution in [0.15, 0.2) is 48.7 Å². The minimum atomic E-state index is -0.0173. The first-order valence-electron chi connectivity index (χ1n) is 6.78. The molecule has 2 nitrogen and oxygen atoms in total. The van der Waals surface area contributed by atoms with E-state index in [0.29, 0.717) is 5.56 Å². The Kier molecular flexibility index (Phi) is 4.81. The molecule has 0 aromatic heterocycles. The fourth-order valence-corrected chi connectivity index (χ4v) is 2.06. The largest absolute Gasteiger partial charge is 0.362 e. The Labute approximate surface area is 130 Å². The van der Waals surface area contributed by atoms with Crippen molar-refractivity contribution in [2.45, 2.75) is 20.8 Å². The summed E-state index contributed by atoms with van der Waals surface area (Å²) in [6.07, 6.45) is 3.19. The van der Waals surface area contributed by atoms with Crippen LogP contribution in [0.1, 0.15) is 27.0 Å². The zero-order valence-corrected chi connectivity index (χ0v) is 13.2. The SMILES string of the molecule is Cc1ccc(C(=O)C=CNc2ccc(Cl)c(C)c2)cc1C. The second-order valence-electron chi connectivity index (χ2n) is 5.10. The van der Waals surface area contributed by atoms with Crippen molar-refractivity contribution in [3.05, 3.63) is 76.0 Å². The number of hydrogen-bond donors (Lipinski definition) is 1. The molecular formula is C18H18ClNO. The van der Waals surface area contributed by atoms with Gasteiger partial charge in [-0.2, -0.15) is 0 Å². The monoisotopic (exact) mass is 299 g/mol. The highest BCUT2D eigenvalue weighted by Crippen LogP contribution is 2.19. The van der Waals surface area contributed by atoms with Crippen molar-refractivity contribution in [2.75, 3.05) is 5.32 Å². The first-order valence-corrected chi connectivity index (χ1v) is 7.16. The van der Waals surface area contributed by atoms with Crippen LogP contribution < -0.4 is 5.32 Å². The molecule has 0 amide bonds. The van der Waals surface area contributed by atoms with Crippen molar-refractivity contribution in [1.29, 1.82) is 0 Å². The number of halogens is 1. The number of nitrogens with one attached hydrogen (secondary N) is 1. The second-order valence-corrected chi connectivity index (χ2v) is 5.51. The molecule has 2 aromatic rings. The summed E-state index contributed by atoms with van der Waals surface area (Å²) in [5, 5.41) is 3.81. The van der Waals surface area contributed by atoms with E-state index >= 15 is 0 Å². The summed E-state index contributed by atoms with van der Waals surface area (Å²) in [5.74, 6) is -0.0173. The molecule has 0 spiro atoms.